The molecule has 24 heavy (non-hydrogen) atoms. The Morgan fingerprint density at radius 2 is 0.875 bits per heavy atom. The summed E-state index contributed by atoms with van der Waals surface area (Å²) in [6, 6.07) is 0.881. The van der Waals surface area contributed by atoms with Crippen LogP contribution in [-0.4, -0.2) is 19.7 Å². The summed E-state index contributed by atoms with van der Waals surface area (Å²) >= 11 is 0. The van der Waals surface area contributed by atoms with Gasteiger partial charge in [0, 0.05) is 0 Å². The Morgan fingerprint density at radius 1 is 0.583 bits per heavy atom. The predicted octanol–water partition coefficient (Wildman–Crippen LogP) is 1.64. The Hall–Kier alpha value is -4.10. The molecule has 14 nitrogen and oxygen atoms in total. The molecule has 0 saturated carbocycles. The van der Waals surface area contributed by atoms with Gasteiger partial charge in [-0.3, -0.25) is 40.5 Å². The lowest BCUT2D eigenvalue weighted by Crippen LogP contribution is -2.06. The number of hydrogen-bond donors (Lipinski definition) is 2. The molecular weight excluding hydrogens is 332 g/mol. The molecule has 0 aliphatic heterocycles. The maximum absolute atomic E-state index is 11.2. The normalized spacial score (nSPS) is 10.5. The summed E-state index contributed by atoms with van der Waals surface area (Å²) < 4.78 is 0. The highest BCUT2D eigenvalue weighted by molar-refractivity contribution is 6.15. The highest BCUT2D eigenvalue weighted by atomic mass is 16.6. The fourth-order valence-corrected chi connectivity index (χ4v) is 2.21. The number of nitrogens with two attached hydrogens (primary N) is 2. The molecule has 0 aromatic heterocycles. The molecular formula is C10H6N6O8. The van der Waals surface area contributed by atoms with Gasteiger partial charge in [-0.1, -0.05) is 0 Å². The van der Waals surface area contributed by atoms with E-state index in [1.807, 2.05) is 0 Å². The largest absolute Gasteiger partial charge is 0.393 e. The van der Waals surface area contributed by atoms with Crippen molar-refractivity contribution in [2.24, 2.45) is 0 Å². The molecule has 0 unspecified atom stereocenters. The fourth-order valence-electron chi connectivity index (χ4n) is 2.21. The molecule has 0 saturated heterocycles. The Bertz CT molecular complexity index is 882. The van der Waals surface area contributed by atoms with Crippen molar-refractivity contribution in [3.05, 3.63) is 52.6 Å². The second-order valence-corrected chi connectivity index (χ2v) is 4.44. The molecule has 124 valence electrons. The Kier molecular flexibility index (Phi) is 3.57. The first-order valence-electron chi connectivity index (χ1n) is 5.84. The summed E-state index contributed by atoms with van der Waals surface area (Å²) in [6.07, 6.45) is 0. The highest BCUT2D eigenvalue weighted by Gasteiger charge is 2.35. The molecule has 4 N–H and O–H groups in total. The number of nitro groups is 4. The molecule has 0 fully saturated rings. The lowest BCUT2D eigenvalue weighted by atomic mass is 10.0. The summed E-state index contributed by atoms with van der Waals surface area (Å²) in [6.45, 7) is 0. The van der Waals surface area contributed by atoms with Crippen molar-refractivity contribution in [2.45, 2.75) is 0 Å². The van der Waals surface area contributed by atoms with E-state index in [9.17, 15) is 40.5 Å². The summed E-state index contributed by atoms with van der Waals surface area (Å²) in [5.41, 5.74) is 5.66. The molecule has 0 aliphatic carbocycles. The summed E-state index contributed by atoms with van der Waals surface area (Å²) in [5, 5.41) is 42.9. The third-order valence-electron chi connectivity index (χ3n) is 3.19. The molecule has 14 heteroatoms. The third-order valence-corrected chi connectivity index (χ3v) is 3.19. The lowest BCUT2D eigenvalue weighted by molar-refractivity contribution is -0.397. The zero-order valence-electron chi connectivity index (χ0n) is 11.4. The van der Waals surface area contributed by atoms with Crippen LogP contribution < -0.4 is 11.5 Å². The van der Waals surface area contributed by atoms with E-state index in [4.69, 9.17) is 11.5 Å². The van der Waals surface area contributed by atoms with Crippen molar-refractivity contribution in [3.63, 3.8) is 0 Å². The van der Waals surface area contributed by atoms with Crippen LogP contribution in [-0.2, 0) is 0 Å². The number of hydrogen-bond acceptors (Lipinski definition) is 10. The maximum atomic E-state index is 11.2. The molecule has 0 amide bonds. The van der Waals surface area contributed by atoms with Crippen molar-refractivity contribution in [1.29, 1.82) is 0 Å². The van der Waals surface area contributed by atoms with Crippen molar-refractivity contribution in [3.8, 4) is 0 Å². The number of nitrogen functional groups attached to an aromatic ring is 2. The van der Waals surface area contributed by atoms with Crippen LogP contribution in [0.1, 0.15) is 0 Å². The zero-order chi connectivity index (χ0) is 18.3. The smallest absolute Gasteiger partial charge is 0.299 e. The number of rotatable bonds is 4. The average Bonchev–Trinajstić information content (AvgIpc) is 2.45. The van der Waals surface area contributed by atoms with Gasteiger partial charge in [0.05, 0.1) is 37.2 Å². The van der Waals surface area contributed by atoms with E-state index in [1.165, 1.54) is 0 Å². The first-order valence-corrected chi connectivity index (χ1v) is 5.84. The maximum Gasteiger partial charge on any atom is 0.299 e. The second-order valence-electron chi connectivity index (χ2n) is 4.44. The molecule has 0 spiro atoms. The van der Waals surface area contributed by atoms with E-state index >= 15 is 0 Å². The first kappa shape index (κ1) is 16.3. The quantitative estimate of drug-likeness (QED) is 0.465. The van der Waals surface area contributed by atoms with Crippen LogP contribution in [0.5, 0.6) is 0 Å². The van der Waals surface area contributed by atoms with Gasteiger partial charge in [0.1, 0.15) is 16.8 Å². The number of anilines is 2. The van der Waals surface area contributed by atoms with E-state index in [1.54, 1.807) is 0 Å². The van der Waals surface area contributed by atoms with Crippen LogP contribution in [0, 0.1) is 40.5 Å². The molecule has 0 aliphatic rings. The van der Waals surface area contributed by atoms with Crippen molar-refractivity contribution in [2.75, 3.05) is 11.5 Å². The van der Waals surface area contributed by atoms with Gasteiger partial charge in [-0.05, 0) is 0 Å². The molecule has 0 radical (unpaired) electrons. The zero-order valence-corrected chi connectivity index (χ0v) is 11.4. The number of nitrogens with zero attached hydrogens (tertiary/aromatic N) is 4. The highest BCUT2D eigenvalue weighted by Crippen LogP contribution is 2.47. The second kappa shape index (κ2) is 5.27. The number of benzene rings is 2. The topological polar surface area (TPSA) is 225 Å². The summed E-state index contributed by atoms with van der Waals surface area (Å²) in [7, 11) is 0. The van der Waals surface area contributed by atoms with Crippen LogP contribution in [0.25, 0.3) is 10.8 Å². The summed E-state index contributed by atoms with van der Waals surface area (Å²) in [4.78, 5) is 39.9. The van der Waals surface area contributed by atoms with E-state index in [-0.39, 0.29) is 0 Å². The van der Waals surface area contributed by atoms with E-state index in [0.29, 0.717) is 12.1 Å². The van der Waals surface area contributed by atoms with Gasteiger partial charge in [-0.15, -0.1) is 0 Å². The first-order chi connectivity index (χ1) is 11.1. The minimum Gasteiger partial charge on any atom is -0.393 e. The predicted molar refractivity (Wildman–Crippen MR) is 79.4 cm³/mol. The van der Waals surface area contributed by atoms with Crippen molar-refractivity contribution < 1.29 is 19.7 Å². The Morgan fingerprint density at radius 3 is 1.12 bits per heavy atom. The van der Waals surface area contributed by atoms with Gasteiger partial charge < -0.3 is 11.5 Å². The molecule has 2 aromatic rings. The number of fused-ring (bicyclic) bond motifs is 1. The van der Waals surface area contributed by atoms with Gasteiger partial charge in [-0.25, -0.2) is 0 Å². The van der Waals surface area contributed by atoms with Crippen LogP contribution in [0.4, 0.5) is 34.1 Å². The van der Waals surface area contributed by atoms with E-state index < -0.39 is 64.6 Å². The van der Waals surface area contributed by atoms with Gasteiger partial charge in [0.25, 0.3) is 22.7 Å². The number of nitro benzene ring substituents is 4. The minimum atomic E-state index is -1.10. The Balaban J connectivity index is 3.25. The van der Waals surface area contributed by atoms with Crippen LogP contribution in [0.2, 0.25) is 0 Å². The standard InChI is InChI=1S/C10H6N6O8/c11-9-5(15(21)22)1-3(13(17)18)7-4(14(19)20)2-6(16(23)24)10(12)8(7)9/h1-2H,11-12H2. The molecule has 0 atom stereocenters. The number of non-ortho nitro benzene ring substituents is 2. The van der Waals surface area contributed by atoms with Gasteiger partial charge in [0.2, 0.25) is 0 Å². The molecule has 2 aromatic carbocycles. The van der Waals surface area contributed by atoms with Gasteiger partial charge >= 0.3 is 0 Å². The van der Waals surface area contributed by atoms with E-state index in [0.717, 1.165) is 0 Å². The third kappa shape index (κ3) is 2.23. The minimum absolute atomic E-state index is 0.440. The lowest BCUT2D eigenvalue weighted by Gasteiger charge is -2.08. The molecule has 2 rings (SSSR count). The van der Waals surface area contributed by atoms with Gasteiger partial charge in [-0.2, -0.15) is 0 Å². The SMILES string of the molecule is Nc1c([N+](=O)[O-])cc([N+](=O)[O-])c2c([N+](=O)[O-])cc([N+](=O)[O-])c(N)c12. The van der Waals surface area contributed by atoms with E-state index in [2.05, 4.69) is 0 Å². The molecule has 0 bridgehead atoms. The van der Waals surface area contributed by atoms with Crippen LogP contribution in [0.15, 0.2) is 12.1 Å². The Labute approximate surface area is 129 Å². The monoisotopic (exact) mass is 338 g/mol. The van der Waals surface area contributed by atoms with Gasteiger partial charge in [0.15, 0.2) is 0 Å². The van der Waals surface area contributed by atoms with Crippen LogP contribution >= 0.6 is 0 Å². The molecule has 0 heterocycles. The average molecular weight is 338 g/mol. The van der Waals surface area contributed by atoms with Crippen molar-refractivity contribution in [1.82, 2.24) is 0 Å². The fraction of sp³-hybridized carbons (Fsp3) is 0. The van der Waals surface area contributed by atoms with Crippen molar-refractivity contribution >= 4 is 44.9 Å². The summed E-state index contributed by atoms with van der Waals surface area (Å²) in [5.74, 6) is 0. The van der Waals surface area contributed by atoms with Crippen LogP contribution in [0.3, 0.4) is 0 Å².